The Bertz CT molecular complexity index is 531. The number of likely N-dealkylation sites (N-methyl/N-ethyl adjacent to an activating group) is 1. The van der Waals surface area contributed by atoms with Crippen LogP contribution in [0.1, 0.15) is 49.3 Å². The van der Waals surface area contributed by atoms with Crippen LogP contribution >= 0.6 is 22.9 Å². The molecule has 2 aromatic rings. The monoisotopic (exact) mass is 311 g/mol. The maximum Gasteiger partial charge on any atom is 0.0931 e. The summed E-state index contributed by atoms with van der Waals surface area (Å²) in [6.45, 7) is 4.42. The molecule has 0 fully saturated rings. The standard InChI is InChI=1S/C15H22ClN3S/c1-4-12(5-2)19-9-8-11(18-19)10-13(17-3)14-6-7-15(16)20-14/h6-9,12-13,17H,4-5,10H2,1-3H3. The van der Waals surface area contributed by atoms with E-state index in [1.54, 1.807) is 11.3 Å². The third-order valence-electron chi connectivity index (χ3n) is 3.68. The molecule has 0 radical (unpaired) electrons. The smallest absolute Gasteiger partial charge is 0.0931 e. The largest absolute Gasteiger partial charge is 0.312 e. The van der Waals surface area contributed by atoms with E-state index < -0.39 is 0 Å². The first-order chi connectivity index (χ1) is 9.67. The third-order valence-corrected chi connectivity index (χ3v) is 5.02. The Labute approximate surface area is 130 Å². The number of aromatic nitrogens is 2. The summed E-state index contributed by atoms with van der Waals surface area (Å²) in [5.41, 5.74) is 1.13. The first kappa shape index (κ1) is 15.5. The zero-order valence-corrected chi connectivity index (χ0v) is 13.8. The highest BCUT2D eigenvalue weighted by Gasteiger charge is 2.15. The van der Waals surface area contributed by atoms with Crippen molar-refractivity contribution in [3.63, 3.8) is 0 Å². The Hall–Kier alpha value is -0.840. The van der Waals surface area contributed by atoms with Crippen molar-refractivity contribution >= 4 is 22.9 Å². The van der Waals surface area contributed by atoms with Crippen LogP contribution in [0.4, 0.5) is 0 Å². The summed E-state index contributed by atoms with van der Waals surface area (Å²) >= 11 is 7.65. The Morgan fingerprint density at radius 1 is 1.30 bits per heavy atom. The summed E-state index contributed by atoms with van der Waals surface area (Å²) in [5.74, 6) is 0. The number of nitrogens with zero attached hydrogens (tertiary/aromatic N) is 2. The Balaban J connectivity index is 2.08. The molecule has 1 unspecified atom stereocenters. The van der Waals surface area contributed by atoms with E-state index in [9.17, 15) is 0 Å². The lowest BCUT2D eigenvalue weighted by Crippen LogP contribution is -2.18. The topological polar surface area (TPSA) is 29.9 Å². The van der Waals surface area contributed by atoms with Crippen LogP contribution in [0.15, 0.2) is 24.4 Å². The molecular formula is C15H22ClN3S. The quantitative estimate of drug-likeness (QED) is 0.818. The van der Waals surface area contributed by atoms with E-state index in [2.05, 4.69) is 42.2 Å². The summed E-state index contributed by atoms with van der Waals surface area (Å²) in [7, 11) is 1.98. The predicted molar refractivity (Wildman–Crippen MR) is 86.7 cm³/mol. The Morgan fingerprint density at radius 2 is 2.05 bits per heavy atom. The first-order valence-electron chi connectivity index (χ1n) is 7.14. The molecule has 0 saturated heterocycles. The fraction of sp³-hybridized carbons (Fsp3) is 0.533. The van der Waals surface area contributed by atoms with Crippen molar-refractivity contribution in [1.82, 2.24) is 15.1 Å². The van der Waals surface area contributed by atoms with Crippen LogP contribution in [0.25, 0.3) is 0 Å². The second-order valence-corrected chi connectivity index (χ2v) is 6.69. The van der Waals surface area contributed by atoms with Crippen LogP contribution in [-0.2, 0) is 6.42 Å². The van der Waals surface area contributed by atoms with Crippen molar-refractivity contribution in [2.24, 2.45) is 0 Å². The molecule has 0 saturated carbocycles. The SMILES string of the molecule is CCC(CC)n1ccc(CC(NC)c2ccc(Cl)s2)n1. The average Bonchev–Trinajstić information content (AvgIpc) is 3.07. The molecule has 3 nitrogen and oxygen atoms in total. The van der Waals surface area contributed by atoms with Crippen molar-refractivity contribution in [1.29, 1.82) is 0 Å². The number of halogens is 1. The molecule has 1 atom stereocenters. The number of hydrogen-bond acceptors (Lipinski definition) is 3. The molecule has 2 rings (SSSR count). The Kier molecular flexibility index (Phi) is 5.64. The van der Waals surface area contributed by atoms with Crippen LogP contribution in [0.3, 0.4) is 0 Å². The van der Waals surface area contributed by atoms with Crippen LogP contribution in [0, 0.1) is 0 Å². The van der Waals surface area contributed by atoms with Gasteiger partial charge in [-0.3, -0.25) is 4.68 Å². The minimum Gasteiger partial charge on any atom is -0.312 e. The third kappa shape index (κ3) is 3.62. The maximum absolute atomic E-state index is 6.02. The molecule has 0 aromatic carbocycles. The van der Waals surface area contributed by atoms with Gasteiger partial charge in [0, 0.05) is 23.5 Å². The molecule has 110 valence electrons. The predicted octanol–water partition coefficient (Wildman–Crippen LogP) is 4.46. The normalized spacial score (nSPS) is 13.1. The van der Waals surface area contributed by atoms with Gasteiger partial charge in [-0.05, 0) is 38.1 Å². The van der Waals surface area contributed by atoms with Gasteiger partial charge in [0.2, 0.25) is 0 Å². The number of hydrogen-bond donors (Lipinski definition) is 1. The molecule has 1 N–H and O–H groups in total. The van der Waals surface area contributed by atoms with Crippen molar-refractivity contribution < 1.29 is 0 Å². The average molecular weight is 312 g/mol. The minimum absolute atomic E-state index is 0.276. The van der Waals surface area contributed by atoms with Crippen molar-refractivity contribution in [3.05, 3.63) is 39.3 Å². The maximum atomic E-state index is 6.02. The van der Waals surface area contributed by atoms with Gasteiger partial charge in [0.1, 0.15) is 0 Å². The van der Waals surface area contributed by atoms with Crippen LogP contribution < -0.4 is 5.32 Å². The molecule has 0 amide bonds. The van der Waals surface area contributed by atoms with Crippen molar-refractivity contribution in [2.45, 2.75) is 45.2 Å². The summed E-state index contributed by atoms with van der Waals surface area (Å²) in [5, 5.41) is 8.07. The molecule has 0 aliphatic rings. The van der Waals surface area contributed by atoms with Crippen molar-refractivity contribution in [3.8, 4) is 0 Å². The van der Waals surface area contributed by atoms with Gasteiger partial charge in [-0.1, -0.05) is 25.4 Å². The van der Waals surface area contributed by atoms with Crippen LogP contribution in [-0.4, -0.2) is 16.8 Å². The molecule has 5 heteroatoms. The van der Waals surface area contributed by atoms with E-state index in [1.165, 1.54) is 4.88 Å². The molecular weight excluding hydrogens is 290 g/mol. The summed E-state index contributed by atoms with van der Waals surface area (Å²) in [4.78, 5) is 1.26. The fourth-order valence-corrected chi connectivity index (χ4v) is 3.59. The second kappa shape index (κ2) is 7.25. The number of thiophene rings is 1. The molecule has 20 heavy (non-hydrogen) atoms. The van der Waals surface area contributed by atoms with Gasteiger partial charge in [0.05, 0.1) is 16.1 Å². The van der Waals surface area contributed by atoms with Crippen molar-refractivity contribution in [2.75, 3.05) is 7.05 Å². The van der Waals surface area contributed by atoms with E-state index in [0.717, 1.165) is 29.3 Å². The van der Waals surface area contributed by atoms with Crippen LogP contribution in [0.2, 0.25) is 4.34 Å². The van der Waals surface area contributed by atoms with Gasteiger partial charge >= 0.3 is 0 Å². The van der Waals surface area contributed by atoms with Gasteiger partial charge in [0.15, 0.2) is 0 Å². The Morgan fingerprint density at radius 3 is 2.60 bits per heavy atom. The lowest BCUT2D eigenvalue weighted by Gasteiger charge is -2.14. The first-order valence-corrected chi connectivity index (χ1v) is 8.33. The molecule has 0 aliphatic carbocycles. The van der Waals surface area contributed by atoms with Crippen LogP contribution in [0.5, 0.6) is 0 Å². The van der Waals surface area contributed by atoms with Gasteiger partial charge in [-0.25, -0.2) is 0 Å². The van der Waals surface area contributed by atoms with E-state index in [0.29, 0.717) is 6.04 Å². The molecule has 0 spiro atoms. The number of rotatable bonds is 7. The highest BCUT2D eigenvalue weighted by Crippen LogP contribution is 2.28. The molecule has 2 heterocycles. The minimum atomic E-state index is 0.276. The highest BCUT2D eigenvalue weighted by molar-refractivity contribution is 7.16. The van der Waals surface area contributed by atoms with E-state index in [-0.39, 0.29) is 6.04 Å². The zero-order chi connectivity index (χ0) is 14.5. The van der Waals surface area contributed by atoms with Gasteiger partial charge < -0.3 is 5.32 Å². The fourth-order valence-electron chi connectivity index (χ4n) is 2.42. The molecule has 2 aromatic heterocycles. The second-order valence-electron chi connectivity index (χ2n) is 4.94. The van der Waals surface area contributed by atoms with Gasteiger partial charge in [-0.2, -0.15) is 5.10 Å². The van der Waals surface area contributed by atoms with Gasteiger partial charge in [0.25, 0.3) is 0 Å². The van der Waals surface area contributed by atoms with Gasteiger partial charge in [-0.15, -0.1) is 11.3 Å². The zero-order valence-electron chi connectivity index (χ0n) is 12.3. The highest BCUT2D eigenvalue weighted by atomic mass is 35.5. The molecule has 0 bridgehead atoms. The molecule has 0 aliphatic heterocycles. The summed E-state index contributed by atoms with van der Waals surface area (Å²) < 4.78 is 2.94. The lowest BCUT2D eigenvalue weighted by molar-refractivity contribution is 0.423. The summed E-state index contributed by atoms with van der Waals surface area (Å²) in [6, 6.07) is 6.95. The number of nitrogens with one attached hydrogen (secondary N) is 1. The summed E-state index contributed by atoms with van der Waals surface area (Å²) in [6.07, 6.45) is 5.23. The van der Waals surface area contributed by atoms with E-state index in [1.807, 2.05) is 13.1 Å². The lowest BCUT2D eigenvalue weighted by atomic mass is 10.1. The van der Waals surface area contributed by atoms with E-state index in [4.69, 9.17) is 16.7 Å². The van der Waals surface area contributed by atoms with E-state index >= 15 is 0 Å².